The molecule has 36 heavy (non-hydrogen) atoms. The Balaban J connectivity index is 1.39. The lowest BCUT2D eigenvalue weighted by Crippen LogP contribution is -2.42. The average Bonchev–Trinajstić information content (AvgIpc) is 2.87. The topological polar surface area (TPSA) is 67.4 Å². The number of aromatic nitrogens is 1. The minimum Gasteiger partial charge on any atom is -0.383 e. The molecule has 4 rings (SSSR count). The molecule has 2 fully saturated rings. The fourth-order valence-corrected chi connectivity index (χ4v) is 5.05. The number of hydrogen-bond acceptors (Lipinski definition) is 6. The van der Waals surface area contributed by atoms with Gasteiger partial charge in [-0.05, 0) is 56.4 Å². The number of ether oxygens (including phenoxy) is 2. The number of nitrogens with one attached hydrogen (secondary N) is 3. The van der Waals surface area contributed by atoms with E-state index < -0.39 is 17.3 Å². The lowest BCUT2D eigenvalue weighted by molar-refractivity contribution is -0.00117. The number of nitrogens with zero attached hydrogens (tertiary/aromatic N) is 1. The highest BCUT2D eigenvalue weighted by Gasteiger charge is 2.32. The molecule has 2 heterocycles. The minimum absolute atomic E-state index is 0.0237. The van der Waals surface area contributed by atoms with E-state index in [4.69, 9.17) is 9.47 Å². The number of benzene rings is 1. The quantitative estimate of drug-likeness (QED) is 0.406. The van der Waals surface area contributed by atoms with Crippen molar-refractivity contribution in [1.29, 1.82) is 0 Å². The van der Waals surface area contributed by atoms with Crippen molar-refractivity contribution < 1.29 is 22.6 Å². The van der Waals surface area contributed by atoms with Crippen molar-refractivity contribution in [3.8, 4) is 11.1 Å². The molecule has 1 aliphatic carbocycles. The molecular weight excluding hydrogens is 469 g/mol. The second kappa shape index (κ2) is 12.3. The van der Waals surface area contributed by atoms with E-state index in [2.05, 4.69) is 27.9 Å². The summed E-state index contributed by atoms with van der Waals surface area (Å²) in [5.74, 6) is -0.420. The second-order valence-electron chi connectivity index (χ2n) is 10.1. The van der Waals surface area contributed by atoms with Gasteiger partial charge in [0.15, 0.2) is 0 Å². The molecule has 0 spiro atoms. The Labute approximate surface area is 211 Å². The van der Waals surface area contributed by atoms with Gasteiger partial charge in [0, 0.05) is 63.4 Å². The Bertz CT molecular complexity index is 995. The molecule has 6 nitrogen and oxygen atoms in total. The maximum Gasteiger partial charge on any atom is 0.149 e. The van der Waals surface area contributed by atoms with Gasteiger partial charge in [0.2, 0.25) is 0 Å². The fraction of sp³-hybridized carbons (Fsp3) is 0.593. The fourth-order valence-electron chi connectivity index (χ4n) is 5.05. The van der Waals surface area contributed by atoms with Crippen LogP contribution in [0.5, 0.6) is 0 Å². The van der Waals surface area contributed by atoms with E-state index in [-0.39, 0.29) is 31.1 Å². The van der Waals surface area contributed by atoms with Crippen LogP contribution in [0.1, 0.15) is 45.4 Å². The maximum absolute atomic E-state index is 14.9. The van der Waals surface area contributed by atoms with Gasteiger partial charge in [0.1, 0.15) is 23.1 Å². The third kappa shape index (κ3) is 7.11. The predicted octanol–water partition coefficient (Wildman–Crippen LogP) is 5.31. The first-order chi connectivity index (χ1) is 17.3. The highest BCUT2D eigenvalue weighted by molar-refractivity contribution is 5.71. The van der Waals surface area contributed by atoms with Crippen molar-refractivity contribution in [2.45, 2.75) is 69.2 Å². The van der Waals surface area contributed by atoms with Crippen molar-refractivity contribution in [2.24, 2.45) is 0 Å². The summed E-state index contributed by atoms with van der Waals surface area (Å²) >= 11 is 0. The zero-order chi connectivity index (χ0) is 25.5. The van der Waals surface area contributed by atoms with Gasteiger partial charge >= 0.3 is 0 Å². The predicted molar refractivity (Wildman–Crippen MR) is 136 cm³/mol. The van der Waals surface area contributed by atoms with Crippen LogP contribution >= 0.6 is 0 Å². The van der Waals surface area contributed by atoms with Crippen molar-refractivity contribution in [1.82, 2.24) is 10.3 Å². The van der Waals surface area contributed by atoms with E-state index in [1.165, 1.54) is 24.4 Å². The largest absolute Gasteiger partial charge is 0.383 e. The number of pyridine rings is 1. The summed E-state index contributed by atoms with van der Waals surface area (Å²) in [6, 6.07) is 7.01. The summed E-state index contributed by atoms with van der Waals surface area (Å²) in [6.07, 6.45) is 5.74. The Kier molecular flexibility index (Phi) is 9.09. The first kappa shape index (κ1) is 26.7. The van der Waals surface area contributed by atoms with Crippen LogP contribution in [-0.4, -0.2) is 62.3 Å². The highest BCUT2D eigenvalue weighted by Crippen LogP contribution is 2.31. The highest BCUT2D eigenvalue weighted by atomic mass is 19.1. The molecule has 198 valence electrons. The summed E-state index contributed by atoms with van der Waals surface area (Å²) in [6.45, 7) is 3.48. The molecule has 2 aliphatic rings. The van der Waals surface area contributed by atoms with E-state index in [9.17, 15) is 13.2 Å². The summed E-state index contributed by atoms with van der Waals surface area (Å²) in [7, 11) is 1.71. The molecule has 0 bridgehead atoms. The summed E-state index contributed by atoms with van der Waals surface area (Å²) in [4.78, 5) is 4.23. The molecule has 0 unspecified atom stereocenters. The van der Waals surface area contributed by atoms with Gasteiger partial charge in [-0.25, -0.2) is 18.2 Å². The van der Waals surface area contributed by atoms with Crippen LogP contribution in [0.3, 0.4) is 0 Å². The van der Waals surface area contributed by atoms with E-state index in [1.54, 1.807) is 13.2 Å². The Hall–Kier alpha value is -2.36. The number of anilines is 2. The van der Waals surface area contributed by atoms with Crippen LogP contribution in [0.4, 0.5) is 24.7 Å². The monoisotopic (exact) mass is 506 g/mol. The van der Waals surface area contributed by atoms with Gasteiger partial charge in [-0.15, -0.1) is 0 Å². The van der Waals surface area contributed by atoms with Gasteiger partial charge in [0.05, 0.1) is 18.5 Å². The summed E-state index contributed by atoms with van der Waals surface area (Å²) in [5.41, 5.74) is -0.479. The number of halogens is 3. The molecule has 1 aliphatic heterocycles. The van der Waals surface area contributed by atoms with Crippen LogP contribution < -0.4 is 16.0 Å². The van der Waals surface area contributed by atoms with Crippen LogP contribution in [0, 0.1) is 11.6 Å². The van der Waals surface area contributed by atoms with Crippen molar-refractivity contribution in [2.75, 3.05) is 44.1 Å². The molecular formula is C27H37F3N4O2. The first-order valence-corrected chi connectivity index (χ1v) is 12.8. The van der Waals surface area contributed by atoms with Gasteiger partial charge < -0.3 is 25.4 Å². The Morgan fingerprint density at radius 3 is 2.53 bits per heavy atom. The summed E-state index contributed by atoms with van der Waals surface area (Å²) in [5, 5.41) is 9.92. The van der Waals surface area contributed by atoms with E-state index in [1.807, 2.05) is 0 Å². The molecule has 2 aromatic rings. The van der Waals surface area contributed by atoms with Crippen LogP contribution in [0.25, 0.3) is 11.1 Å². The Morgan fingerprint density at radius 1 is 1.08 bits per heavy atom. The number of methoxy groups -OCH3 is 1. The summed E-state index contributed by atoms with van der Waals surface area (Å²) < 4.78 is 54.6. The normalized spacial score (nSPS) is 22.7. The third-order valence-electron chi connectivity index (χ3n) is 7.13. The zero-order valence-corrected chi connectivity index (χ0v) is 21.1. The van der Waals surface area contributed by atoms with E-state index in [0.717, 1.165) is 25.7 Å². The Morgan fingerprint density at radius 2 is 1.81 bits per heavy atom. The van der Waals surface area contributed by atoms with E-state index >= 15 is 0 Å². The van der Waals surface area contributed by atoms with Crippen LogP contribution in [-0.2, 0) is 9.47 Å². The molecule has 1 aromatic heterocycles. The molecule has 0 amide bonds. The molecule has 3 N–H and O–H groups in total. The van der Waals surface area contributed by atoms with Crippen LogP contribution in [0.15, 0.2) is 30.5 Å². The van der Waals surface area contributed by atoms with Gasteiger partial charge in [0.25, 0.3) is 0 Å². The number of alkyl halides is 1. The lowest BCUT2D eigenvalue weighted by Gasteiger charge is -2.32. The van der Waals surface area contributed by atoms with Crippen molar-refractivity contribution >= 4 is 11.5 Å². The SMILES string of the molecule is COC[C@H](C)N[C@H]1CC[C@H](Nc2cc(-c3ccc(F)c(NCC4(F)CCOCC4)c3)c(F)cn2)CC1. The van der Waals surface area contributed by atoms with E-state index in [0.29, 0.717) is 48.8 Å². The minimum atomic E-state index is -1.45. The number of rotatable bonds is 10. The van der Waals surface area contributed by atoms with Crippen molar-refractivity contribution in [3.63, 3.8) is 0 Å². The standard InChI is InChI=1S/C27H37F3N4O2/c1-18(16-35-2)33-20-4-6-21(7-5-20)34-26-14-22(24(29)15-31-26)19-3-8-23(28)25(13-19)32-17-27(30)9-11-36-12-10-27/h3,8,13-15,18,20-21,32-33H,4-7,9-12,16-17H2,1-2H3,(H,31,34)/t18-,20-,21-/m0/s1. The molecule has 9 heteroatoms. The van der Waals surface area contributed by atoms with Crippen molar-refractivity contribution in [3.05, 3.63) is 42.1 Å². The second-order valence-corrected chi connectivity index (χ2v) is 10.1. The van der Waals surface area contributed by atoms with Gasteiger partial charge in [-0.2, -0.15) is 0 Å². The smallest absolute Gasteiger partial charge is 0.149 e. The van der Waals surface area contributed by atoms with Gasteiger partial charge in [-0.1, -0.05) is 6.07 Å². The maximum atomic E-state index is 14.9. The molecule has 1 atom stereocenters. The zero-order valence-electron chi connectivity index (χ0n) is 21.1. The molecule has 1 aromatic carbocycles. The van der Waals surface area contributed by atoms with Gasteiger partial charge in [-0.3, -0.25) is 0 Å². The lowest BCUT2D eigenvalue weighted by atomic mass is 9.90. The third-order valence-corrected chi connectivity index (χ3v) is 7.13. The molecule has 1 saturated carbocycles. The molecule has 0 radical (unpaired) electrons. The first-order valence-electron chi connectivity index (χ1n) is 12.8. The average molecular weight is 507 g/mol. The number of hydrogen-bond donors (Lipinski definition) is 3. The molecule has 1 saturated heterocycles. The van der Waals surface area contributed by atoms with Crippen LogP contribution in [0.2, 0.25) is 0 Å².